The van der Waals surface area contributed by atoms with E-state index < -0.39 is 6.04 Å². The highest BCUT2D eigenvalue weighted by atomic mass is 16.5. The van der Waals surface area contributed by atoms with Gasteiger partial charge in [0.1, 0.15) is 23.9 Å². The van der Waals surface area contributed by atoms with Gasteiger partial charge in [-0.1, -0.05) is 18.9 Å². The number of hydrogen-bond donors (Lipinski definition) is 3. The molecule has 9 nitrogen and oxygen atoms in total. The molecule has 1 aromatic heterocycles. The number of likely N-dealkylation sites (N-methyl/N-ethyl adjacent to an activating group) is 1. The molecule has 1 aliphatic rings. The molecule has 0 aliphatic carbocycles. The van der Waals surface area contributed by atoms with Crippen molar-refractivity contribution in [2.75, 3.05) is 32.6 Å². The number of anilines is 1. The summed E-state index contributed by atoms with van der Waals surface area (Å²) in [5.74, 6) is 1.20. The molecule has 3 N–H and O–H groups in total. The van der Waals surface area contributed by atoms with Gasteiger partial charge in [0.25, 0.3) is 5.91 Å². The Hall–Kier alpha value is -3.46. The molecular formula is C27H37N5O4. The first kappa shape index (κ1) is 27.1. The molecule has 1 unspecified atom stereocenters. The van der Waals surface area contributed by atoms with Gasteiger partial charge in [-0.05, 0) is 55.6 Å². The molecular weight excluding hydrogens is 458 g/mol. The van der Waals surface area contributed by atoms with Crippen LogP contribution in [0.2, 0.25) is 0 Å². The van der Waals surface area contributed by atoms with Crippen LogP contribution in [0.25, 0.3) is 0 Å². The zero-order chi connectivity index (χ0) is 25.8. The third kappa shape index (κ3) is 7.27. The molecule has 0 bridgehead atoms. The summed E-state index contributed by atoms with van der Waals surface area (Å²) in [5, 5.41) is 9.17. The van der Waals surface area contributed by atoms with E-state index in [0.717, 1.165) is 67.8 Å². The fraction of sp³-hybridized carbons (Fsp3) is 0.481. The lowest BCUT2D eigenvalue weighted by Gasteiger charge is -2.25. The van der Waals surface area contributed by atoms with Gasteiger partial charge in [-0.25, -0.2) is 4.98 Å². The van der Waals surface area contributed by atoms with E-state index in [1.165, 1.54) is 7.05 Å². The van der Waals surface area contributed by atoms with E-state index in [1.54, 1.807) is 17.2 Å². The summed E-state index contributed by atoms with van der Waals surface area (Å²) in [7, 11) is 3.42. The van der Waals surface area contributed by atoms with Crippen molar-refractivity contribution in [3.05, 3.63) is 53.2 Å². The number of pyridine rings is 1. The SMILES string of the molecule is CNC(=O)C(CCC=O)N1Cc2cc(OCCCCCCNCc3cccnc3NC)ccc2C1=O. The Bertz CT molecular complexity index is 1030. The maximum atomic E-state index is 12.9. The quantitative estimate of drug-likeness (QED) is 0.242. The standard InChI is InChI=1S/C27H37N5O4/c1-28-25-20(9-7-14-31-25)18-30-13-5-3-4-6-16-36-22-11-12-23-21(17-22)19-32(27(23)35)24(10-8-15-33)26(34)29-2/h7,9,11-12,14-15,17,24,30H,3-6,8,10,13,16,18-19H2,1-2H3,(H,28,31)(H,29,34). The Labute approximate surface area is 213 Å². The zero-order valence-corrected chi connectivity index (χ0v) is 21.2. The first-order valence-electron chi connectivity index (χ1n) is 12.6. The van der Waals surface area contributed by atoms with E-state index in [9.17, 15) is 14.4 Å². The zero-order valence-electron chi connectivity index (χ0n) is 21.2. The number of unbranched alkanes of at least 4 members (excludes halogenated alkanes) is 3. The molecule has 2 aromatic rings. The lowest BCUT2D eigenvalue weighted by Crippen LogP contribution is -2.46. The molecule has 0 saturated heterocycles. The lowest BCUT2D eigenvalue weighted by molar-refractivity contribution is -0.125. The molecule has 36 heavy (non-hydrogen) atoms. The Kier molecular flexibility index (Phi) is 10.7. The van der Waals surface area contributed by atoms with Crippen molar-refractivity contribution in [3.8, 4) is 5.75 Å². The van der Waals surface area contributed by atoms with Crippen molar-refractivity contribution >= 4 is 23.9 Å². The first-order valence-corrected chi connectivity index (χ1v) is 12.6. The maximum absolute atomic E-state index is 12.9. The highest BCUT2D eigenvalue weighted by Gasteiger charge is 2.35. The van der Waals surface area contributed by atoms with E-state index in [0.29, 0.717) is 25.1 Å². The summed E-state index contributed by atoms with van der Waals surface area (Å²) in [4.78, 5) is 41.8. The second-order valence-corrected chi connectivity index (χ2v) is 8.83. The molecule has 2 heterocycles. The smallest absolute Gasteiger partial charge is 0.255 e. The predicted octanol–water partition coefficient (Wildman–Crippen LogP) is 2.90. The van der Waals surface area contributed by atoms with Gasteiger partial charge in [0, 0.05) is 50.9 Å². The fourth-order valence-electron chi connectivity index (χ4n) is 4.41. The number of aromatic nitrogens is 1. The van der Waals surface area contributed by atoms with E-state index in [4.69, 9.17) is 4.74 Å². The van der Waals surface area contributed by atoms with Gasteiger partial charge in [-0.3, -0.25) is 9.59 Å². The molecule has 0 radical (unpaired) electrons. The number of nitrogens with zero attached hydrogens (tertiary/aromatic N) is 2. The monoisotopic (exact) mass is 495 g/mol. The summed E-state index contributed by atoms with van der Waals surface area (Å²) < 4.78 is 5.92. The number of amides is 2. The molecule has 0 fully saturated rings. The third-order valence-corrected chi connectivity index (χ3v) is 6.35. The Morgan fingerprint density at radius 1 is 1.19 bits per heavy atom. The predicted molar refractivity (Wildman–Crippen MR) is 139 cm³/mol. The summed E-state index contributed by atoms with van der Waals surface area (Å²) in [6, 6.07) is 8.82. The molecule has 0 saturated carbocycles. The highest BCUT2D eigenvalue weighted by Crippen LogP contribution is 2.29. The largest absolute Gasteiger partial charge is 0.494 e. The molecule has 0 spiro atoms. The van der Waals surface area contributed by atoms with Crippen molar-refractivity contribution in [1.29, 1.82) is 0 Å². The Balaban J connectivity index is 1.36. The molecule has 1 aromatic carbocycles. The van der Waals surface area contributed by atoms with Crippen LogP contribution in [-0.2, 0) is 22.7 Å². The van der Waals surface area contributed by atoms with Crippen LogP contribution < -0.4 is 20.7 Å². The number of carbonyl (C=O) groups excluding carboxylic acids is 3. The Morgan fingerprint density at radius 2 is 2.03 bits per heavy atom. The molecule has 194 valence electrons. The van der Waals surface area contributed by atoms with Crippen LogP contribution in [0.4, 0.5) is 5.82 Å². The summed E-state index contributed by atoms with van der Waals surface area (Å²) >= 11 is 0. The minimum atomic E-state index is -0.659. The molecule has 3 rings (SSSR count). The van der Waals surface area contributed by atoms with Crippen LogP contribution in [0.3, 0.4) is 0 Å². The van der Waals surface area contributed by atoms with Gasteiger partial charge in [0.05, 0.1) is 6.61 Å². The van der Waals surface area contributed by atoms with E-state index in [-0.39, 0.29) is 18.2 Å². The van der Waals surface area contributed by atoms with Gasteiger partial charge in [0.2, 0.25) is 5.91 Å². The number of aldehydes is 1. The summed E-state index contributed by atoms with van der Waals surface area (Å²) in [5.41, 5.74) is 2.60. The number of carbonyl (C=O) groups is 3. The van der Waals surface area contributed by atoms with Gasteiger partial charge in [-0.15, -0.1) is 0 Å². The van der Waals surface area contributed by atoms with E-state index in [2.05, 4.69) is 27.0 Å². The average Bonchev–Trinajstić information content (AvgIpc) is 3.23. The number of fused-ring (bicyclic) bond motifs is 1. The van der Waals surface area contributed by atoms with Crippen LogP contribution in [0.5, 0.6) is 5.75 Å². The molecule has 2 amide bonds. The molecule has 9 heteroatoms. The molecule has 1 aliphatic heterocycles. The number of ether oxygens (including phenoxy) is 1. The second kappa shape index (κ2) is 14.2. The Morgan fingerprint density at radius 3 is 2.81 bits per heavy atom. The fourth-order valence-corrected chi connectivity index (χ4v) is 4.41. The van der Waals surface area contributed by atoms with Crippen LogP contribution in [0.15, 0.2) is 36.5 Å². The first-order chi connectivity index (χ1) is 17.6. The van der Waals surface area contributed by atoms with Gasteiger partial charge in [0.15, 0.2) is 0 Å². The number of hydrogen-bond acceptors (Lipinski definition) is 7. The van der Waals surface area contributed by atoms with Gasteiger partial charge < -0.3 is 30.4 Å². The van der Waals surface area contributed by atoms with Crippen molar-refractivity contribution in [3.63, 3.8) is 0 Å². The van der Waals surface area contributed by atoms with E-state index >= 15 is 0 Å². The average molecular weight is 496 g/mol. The topological polar surface area (TPSA) is 113 Å². The van der Waals surface area contributed by atoms with Crippen molar-refractivity contribution < 1.29 is 19.1 Å². The maximum Gasteiger partial charge on any atom is 0.255 e. The lowest BCUT2D eigenvalue weighted by atomic mass is 10.1. The second-order valence-electron chi connectivity index (χ2n) is 8.83. The minimum Gasteiger partial charge on any atom is -0.494 e. The van der Waals surface area contributed by atoms with Crippen LogP contribution in [0, 0.1) is 0 Å². The van der Waals surface area contributed by atoms with E-state index in [1.807, 2.05) is 25.2 Å². The number of benzene rings is 1. The number of nitrogens with one attached hydrogen (secondary N) is 3. The highest BCUT2D eigenvalue weighted by molar-refractivity contribution is 6.01. The van der Waals surface area contributed by atoms with Gasteiger partial charge in [-0.2, -0.15) is 0 Å². The van der Waals surface area contributed by atoms with Gasteiger partial charge >= 0.3 is 0 Å². The van der Waals surface area contributed by atoms with Crippen LogP contribution in [0.1, 0.15) is 60.0 Å². The van der Waals surface area contributed by atoms with Crippen LogP contribution in [-0.4, -0.2) is 61.3 Å². The summed E-state index contributed by atoms with van der Waals surface area (Å²) in [6.45, 7) is 2.71. The number of rotatable bonds is 16. The van der Waals surface area contributed by atoms with Crippen molar-refractivity contribution in [1.82, 2.24) is 20.5 Å². The third-order valence-electron chi connectivity index (χ3n) is 6.35. The minimum absolute atomic E-state index is 0.185. The van der Waals surface area contributed by atoms with Crippen molar-refractivity contribution in [2.24, 2.45) is 0 Å². The molecule has 1 atom stereocenters. The normalized spacial score (nSPS) is 13.3. The van der Waals surface area contributed by atoms with Crippen molar-refractivity contribution in [2.45, 2.75) is 57.7 Å². The summed E-state index contributed by atoms with van der Waals surface area (Å²) in [6.07, 6.45) is 7.35. The van der Waals surface area contributed by atoms with Crippen LogP contribution >= 0.6 is 0 Å².